The molecule has 0 unspecified atom stereocenters. The molecule has 0 bridgehead atoms. The lowest BCUT2D eigenvalue weighted by atomic mass is 9.98. The molecule has 3 N–H and O–H groups in total. The molecule has 0 saturated heterocycles. The molecule has 0 radical (unpaired) electrons. The van der Waals surface area contributed by atoms with Crippen LogP contribution in [0.2, 0.25) is 0 Å². The number of hydrogen-bond acceptors (Lipinski definition) is 3. The van der Waals surface area contributed by atoms with Gasteiger partial charge in [0.25, 0.3) is 0 Å². The number of primary amides is 1. The fourth-order valence-electron chi connectivity index (χ4n) is 2.56. The van der Waals surface area contributed by atoms with Crippen LogP contribution >= 0.6 is 0 Å². The average molecular weight is 300 g/mol. The lowest BCUT2D eigenvalue weighted by molar-refractivity contribution is -0.121. The molecule has 22 heavy (non-hydrogen) atoms. The highest BCUT2D eigenvalue weighted by atomic mass is 16.5. The quantitative estimate of drug-likeness (QED) is 0.826. The van der Waals surface area contributed by atoms with Crippen molar-refractivity contribution in [2.45, 2.75) is 32.9 Å². The van der Waals surface area contributed by atoms with Crippen LogP contribution in [0.4, 0.5) is 0 Å². The van der Waals surface area contributed by atoms with Crippen molar-refractivity contribution in [2.24, 2.45) is 11.7 Å². The zero-order valence-corrected chi connectivity index (χ0v) is 13.4. The topological polar surface area (TPSA) is 64.3 Å². The molecular weight excluding hydrogens is 276 g/mol. The second-order valence-corrected chi connectivity index (χ2v) is 5.69. The van der Waals surface area contributed by atoms with Gasteiger partial charge in [0.15, 0.2) is 0 Å². The number of nitrogens with two attached hydrogens (primary N) is 1. The number of benzene rings is 2. The fraction of sp³-hybridized carbons (Fsp3) is 0.389. The molecule has 0 saturated carbocycles. The molecule has 1 amide bonds. The molecule has 4 heteroatoms. The molecule has 2 rings (SSSR count). The highest BCUT2D eigenvalue weighted by Crippen LogP contribution is 2.22. The van der Waals surface area contributed by atoms with Gasteiger partial charge in [0, 0.05) is 6.54 Å². The molecule has 2 atom stereocenters. The lowest BCUT2D eigenvalue weighted by Crippen LogP contribution is -2.45. The Kier molecular flexibility index (Phi) is 5.39. The van der Waals surface area contributed by atoms with Gasteiger partial charge in [-0.25, -0.2) is 0 Å². The molecule has 0 aliphatic heterocycles. The van der Waals surface area contributed by atoms with Gasteiger partial charge in [0.05, 0.1) is 13.2 Å². The first-order chi connectivity index (χ1) is 10.5. The van der Waals surface area contributed by atoms with Crippen LogP contribution in [0.25, 0.3) is 10.8 Å². The summed E-state index contributed by atoms with van der Waals surface area (Å²) in [5.74, 6) is 0.783. The van der Waals surface area contributed by atoms with Crippen molar-refractivity contribution in [3.05, 3.63) is 42.0 Å². The van der Waals surface area contributed by atoms with E-state index in [0.29, 0.717) is 6.54 Å². The summed E-state index contributed by atoms with van der Waals surface area (Å²) in [7, 11) is 1.67. The molecule has 4 nitrogen and oxygen atoms in total. The van der Waals surface area contributed by atoms with E-state index in [4.69, 9.17) is 10.5 Å². The van der Waals surface area contributed by atoms with Crippen LogP contribution in [0.1, 0.15) is 25.8 Å². The minimum atomic E-state index is -0.295. The van der Waals surface area contributed by atoms with Crippen molar-refractivity contribution < 1.29 is 9.53 Å². The summed E-state index contributed by atoms with van der Waals surface area (Å²) in [5.41, 5.74) is 6.62. The van der Waals surface area contributed by atoms with Gasteiger partial charge in [0.2, 0.25) is 5.91 Å². The number of fused-ring (bicyclic) bond motifs is 1. The largest absolute Gasteiger partial charge is 0.497 e. The first-order valence-corrected chi connectivity index (χ1v) is 7.64. The Balaban J connectivity index is 2.12. The van der Waals surface area contributed by atoms with Crippen LogP contribution in [-0.4, -0.2) is 19.1 Å². The molecule has 2 aromatic carbocycles. The van der Waals surface area contributed by atoms with Gasteiger partial charge in [-0.15, -0.1) is 0 Å². The van der Waals surface area contributed by atoms with Crippen molar-refractivity contribution in [3.63, 3.8) is 0 Å². The summed E-state index contributed by atoms with van der Waals surface area (Å²) in [5, 5.41) is 5.56. The van der Waals surface area contributed by atoms with Crippen LogP contribution in [0.15, 0.2) is 36.4 Å². The molecule has 0 aliphatic carbocycles. The van der Waals surface area contributed by atoms with E-state index in [1.165, 1.54) is 0 Å². The molecule has 2 aromatic rings. The Labute approximate surface area is 131 Å². The zero-order valence-electron chi connectivity index (χ0n) is 13.4. The van der Waals surface area contributed by atoms with Crippen molar-refractivity contribution in [1.82, 2.24) is 5.32 Å². The summed E-state index contributed by atoms with van der Waals surface area (Å²) in [6, 6.07) is 12.0. The maximum Gasteiger partial charge on any atom is 0.234 e. The number of hydrogen-bond donors (Lipinski definition) is 2. The minimum Gasteiger partial charge on any atom is -0.497 e. The summed E-state index contributed by atoms with van der Waals surface area (Å²) in [4.78, 5) is 11.5. The Morgan fingerprint density at radius 3 is 2.55 bits per heavy atom. The third-order valence-electron chi connectivity index (χ3n) is 4.16. The highest BCUT2D eigenvalue weighted by molar-refractivity contribution is 5.84. The van der Waals surface area contributed by atoms with Gasteiger partial charge >= 0.3 is 0 Å². The van der Waals surface area contributed by atoms with Gasteiger partial charge in [-0.1, -0.05) is 38.5 Å². The summed E-state index contributed by atoms with van der Waals surface area (Å²) < 4.78 is 5.23. The first-order valence-electron chi connectivity index (χ1n) is 7.64. The van der Waals surface area contributed by atoms with Crippen molar-refractivity contribution in [2.75, 3.05) is 7.11 Å². The van der Waals surface area contributed by atoms with Crippen LogP contribution in [0, 0.1) is 5.92 Å². The Morgan fingerprint density at radius 2 is 1.91 bits per heavy atom. The maximum absolute atomic E-state index is 11.5. The number of rotatable bonds is 7. The van der Waals surface area contributed by atoms with E-state index >= 15 is 0 Å². The second-order valence-electron chi connectivity index (χ2n) is 5.69. The SMILES string of the molecule is CC[C@H](C)[C@H](NCc1ccc2cc(OC)ccc2c1)C(N)=O. The Hall–Kier alpha value is -2.07. The Morgan fingerprint density at radius 1 is 1.23 bits per heavy atom. The third kappa shape index (κ3) is 3.77. The first kappa shape index (κ1) is 16.3. The van der Waals surface area contributed by atoms with Gasteiger partial charge in [-0.2, -0.15) is 0 Å². The van der Waals surface area contributed by atoms with Crippen LogP contribution in [0.5, 0.6) is 5.75 Å². The maximum atomic E-state index is 11.5. The number of ether oxygens (including phenoxy) is 1. The van der Waals surface area contributed by atoms with Crippen molar-refractivity contribution >= 4 is 16.7 Å². The van der Waals surface area contributed by atoms with Gasteiger partial charge in [0.1, 0.15) is 5.75 Å². The Bertz CT molecular complexity index is 655. The summed E-state index contributed by atoms with van der Waals surface area (Å²) in [6.45, 7) is 4.72. The predicted octanol–water partition coefficient (Wildman–Crippen LogP) is 2.84. The molecular formula is C18H24N2O2. The van der Waals surface area contributed by atoms with Crippen LogP contribution in [0.3, 0.4) is 0 Å². The van der Waals surface area contributed by atoms with E-state index in [-0.39, 0.29) is 17.9 Å². The third-order valence-corrected chi connectivity index (χ3v) is 4.16. The normalized spacial score (nSPS) is 13.8. The van der Waals surface area contributed by atoms with E-state index < -0.39 is 0 Å². The van der Waals surface area contributed by atoms with E-state index in [0.717, 1.165) is 28.5 Å². The molecule has 0 fully saturated rings. The van der Waals surface area contributed by atoms with E-state index in [1.54, 1.807) is 7.11 Å². The molecule has 118 valence electrons. The standard InChI is InChI=1S/C18H24N2O2/c1-4-12(2)17(18(19)21)20-11-13-5-6-15-10-16(22-3)8-7-14(15)9-13/h5-10,12,17,20H,4,11H2,1-3H3,(H2,19,21)/t12-,17-/m0/s1. The number of carbonyl (C=O) groups excluding carboxylic acids is 1. The average Bonchev–Trinajstić information content (AvgIpc) is 2.53. The van der Waals surface area contributed by atoms with Crippen molar-refractivity contribution in [1.29, 1.82) is 0 Å². The van der Waals surface area contributed by atoms with E-state index in [9.17, 15) is 4.79 Å². The molecule has 0 aliphatic rings. The molecule has 0 heterocycles. The summed E-state index contributed by atoms with van der Waals surface area (Å²) in [6.07, 6.45) is 0.915. The van der Waals surface area contributed by atoms with Crippen molar-refractivity contribution in [3.8, 4) is 5.75 Å². The van der Waals surface area contributed by atoms with Gasteiger partial charge in [-0.05, 0) is 40.5 Å². The van der Waals surface area contributed by atoms with Crippen LogP contribution < -0.4 is 15.8 Å². The van der Waals surface area contributed by atoms with E-state index in [1.807, 2.05) is 25.1 Å². The second kappa shape index (κ2) is 7.27. The minimum absolute atomic E-state index is 0.224. The summed E-state index contributed by atoms with van der Waals surface area (Å²) >= 11 is 0. The fourth-order valence-corrected chi connectivity index (χ4v) is 2.56. The lowest BCUT2D eigenvalue weighted by Gasteiger charge is -2.21. The zero-order chi connectivity index (χ0) is 16.1. The monoisotopic (exact) mass is 300 g/mol. The molecule has 0 spiro atoms. The highest BCUT2D eigenvalue weighted by Gasteiger charge is 2.20. The predicted molar refractivity (Wildman–Crippen MR) is 89.8 cm³/mol. The number of carbonyl (C=O) groups is 1. The smallest absolute Gasteiger partial charge is 0.234 e. The molecule has 0 aromatic heterocycles. The van der Waals surface area contributed by atoms with Crippen LogP contribution in [-0.2, 0) is 11.3 Å². The van der Waals surface area contributed by atoms with Gasteiger partial charge < -0.3 is 15.8 Å². The van der Waals surface area contributed by atoms with Gasteiger partial charge in [-0.3, -0.25) is 4.79 Å². The van der Waals surface area contributed by atoms with E-state index in [2.05, 4.69) is 30.4 Å². The number of nitrogens with one attached hydrogen (secondary N) is 1. The number of amides is 1. The number of methoxy groups -OCH3 is 1.